The van der Waals surface area contributed by atoms with Crippen LogP contribution >= 0.6 is 11.6 Å². The monoisotopic (exact) mass is 298 g/mol. The second kappa shape index (κ2) is 8.55. The largest absolute Gasteiger partial charge is 0.383 e. The molecule has 1 N–H and O–H groups in total. The average Bonchev–Trinajstić information content (AvgIpc) is 2.40. The highest BCUT2D eigenvalue weighted by Crippen LogP contribution is 2.16. The number of benzene rings is 1. The third kappa shape index (κ3) is 5.59. The van der Waals surface area contributed by atoms with Crippen LogP contribution in [-0.4, -0.2) is 43.5 Å². The summed E-state index contributed by atoms with van der Waals surface area (Å²) in [4.78, 5) is 24.8. The first-order valence-electron chi connectivity index (χ1n) is 6.29. The number of ether oxygens (including phenoxy) is 1. The zero-order chi connectivity index (χ0) is 15.0. The molecule has 0 aliphatic heterocycles. The van der Waals surface area contributed by atoms with E-state index in [1.807, 2.05) is 18.2 Å². The van der Waals surface area contributed by atoms with Crippen molar-refractivity contribution in [1.29, 1.82) is 0 Å². The minimum absolute atomic E-state index is 0.00424. The summed E-state index contributed by atoms with van der Waals surface area (Å²) in [6.07, 6.45) is 0. The number of halogens is 1. The molecule has 20 heavy (non-hydrogen) atoms. The Labute approximate surface area is 123 Å². The van der Waals surface area contributed by atoms with Crippen LogP contribution in [0.1, 0.15) is 12.5 Å². The van der Waals surface area contributed by atoms with Crippen LogP contribution in [0.4, 0.5) is 0 Å². The summed E-state index contributed by atoms with van der Waals surface area (Å²) in [5.41, 5.74) is 0.814. The highest BCUT2D eigenvalue weighted by Gasteiger charge is 2.15. The average molecular weight is 299 g/mol. The molecule has 0 saturated carbocycles. The van der Waals surface area contributed by atoms with E-state index in [4.69, 9.17) is 16.3 Å². The van der Waals surface area contributed by atoms with Crippen molar-refractivity contribution in [3.63, 3.8) is 0 Å². The van der Waals surface area contributed by atoms with Crippen LogP contribution in [0, 0.1) is 0 Å². The van der Waals surface area contributed by atoms with Gasteiger partial charge in [0, 0.05) is 32.1 Å². The Morgan fingerprint density at radius 3 is 2.65 bits per heavy atom. The SMILES string of the molecule is COCCNC(=O)CN(Cc1ccccc1Cl)C(C)=O. The smallest absolute Gasteiger partial charge is 0.239 e. The van der Waals surface area contributed by atoms with E-state index in [2.05, 4.69) is 5.32 Å². The van der Waals surface area contributed by atoms with E-state index in [9.17, 15) is 9.59 Å². The van der Waals surface area contributed by atoms with Crippen molar-refractivity contribution in [3.05, 3.63) is 34.9 Å². The van der Waals surface area contributed by atoms with Gasteiger partial charge < -0.3 is 15.0 Å². The van der Waals surface area contributed by atoms with Gasteiger partial charge in [-0.15, -0.1) is 0 Å². The van der Waals surface area contributed by atoms with Crippen molar-refractivity contribution in [2.24, 2.45) is 0 Å². The molecule has 0 heterocycles. The Balaban J connectivity index is 2.59. The number of methoxy groups -OCH3 is 1. The van der Waals surface area contributed by atoms with Gasteiger partial charge in [-0.1, -0.05) is 29.8 Å². The molecule has 0 aliphatic rings. The molecule has 0 aromatic heterocycles. The molecule has 0 saturated heterocycles. The van der Waals surface area contributed by atoms with Gasteiger partial charge in [-0.2, -0.15) is 0 Å². The maximum atomic E-state index is 11.7. The zero-order valence-corrected chi connectivity index (χ0v) is 12.4. The van der Waals surface area contributed by atoms with Crippen LogP contribution in [0.25, 0.3) is 0 Å². The van der Waals surface area contributed by atoms with E-state index in [1.54, 1.807) is 13.2 Å². The first-order valence-corrected chi connectivity index (χ1v) is 6.67. The molecule has 1 aromatic rings. The van der Waals surface area contributed by atoms with Gasteiger partial charge in [-0.05, 0) is 11.6 Å². The number of amides is 2. The predicted molar refractivity (Wildman–Crippen MR) is 77.4 cm³/mol. The predicted octanol–water partition coefficient (Wildman–Crippen LogP) is 1.45. The second-order valence-electron chi connectivity index (χ2n) is 4.31. The molecular formula is C14H19ClN2O3. The Bertz CT molecular complexity index is 465. The highest BCUT2D eigenvalue weighted by molar-refractivity contribution is 6.31. The van der Waals surface area contributed by atoms with E-state index in [-0.39, 0.29) is 18.4 Å². The van der Waals surface area contributed by atoms with Crippen LogP contribution < -0.4 is 5.32 Å². The first kappa shape index (κ1) is 16.5. The Hall–Kier alpha value is -1.59. The van der Waals surface area contributed by atoms with Crippen molar-refractivity contribution in [2.75, 3.05) is 26.8 Å². The van der Waals surface area contributed by atoms with Crippen LogP contribution in [0.15, 0.2) is 24.3 Å². The lowest BCUT2D eigenvalue weighted by Gasteiger charge is -2.21. The van der Waals surface area contributed by atoms with Crippen molar-refractivity contribution < 1.29 is 14.3 Å². The number of hydrogen-bond acceptors (Lipinski definition) is 3. The minimum Gasteiger partial charge on any atom is -0.383 e. The number of carbonyl (C=O) groups excluding carboxylic acids is 2. The fourth-order valence-corrected chi connectivity index (χ4v) is 1.83. The molecule has 0 fully saturated rings. The van der Waals surface area contributed by atoms with Crippen LogP contribution in [0.2, 0.25) is 5.02 Å². The van der Waals surface area contributed by atoms with E-state index in [0.29, 0.717) is 24.7 Å². The minimum atomic E-state index is -0.218. The zero-order valence-electron chi connectivity index (χ0n) is 11.7. The summed E-state index contributed by atoms with van der Waals surface area (Å²) in [7, 11) is 1.56. The molecular weight excluding hydrogens is 280 g/mol. The summed E-state index contributed by atoms with van der Waals surface area (Å²) in [5, 5.41) is 3.26. The molecule has 2 amide bonds. The normalized spacial score (nSPS) is 10.2. The number of rotatable bonds is 7. The van der Waals surface area contributed by atoms with Gasteiger partial charge >= 0.3 is 0 Å². The van der Waals surface area contributed by atoms with Crippen LogP contribution in [0.5, 0.6) is 0 Å². The topological polar surface area (TPSA) is 58.6 Å². The van der Waals surface area contributed by atoms with Crippen LogP contribution in [-0.2, 0) is 20.9 Å². The lowest BCUT2D eigenvalue weighted by atomic mass is 10.2. The summed E-state index contributed by atoms with van der Waals surface area (Å²) < 4.78 is 4.84. The molecule has 1 aromatic carbocycles. The molecule has 1 rings (SSSR count). The van der Waals surface area contributed by atoms with Crippen LogP contribution in [0.3, 0.4) is 0 Å². The second-order valence-corrected chi connectivity index (χ2v) is 4.72. The van der Waals surface area contributed by atoms with E-state index in [1.165, 1.54) is 11.8 Å². The molecule has 6 heteroatoms. The number of carbonyl (C=O) groups is 2. The van der Waals surface area contributed by atoms with Crippen molar-refractivity contribution in [1.82, 2.24) is 10.2 Å². The molecule has 110 valence electrons. The number of nitrogens with zero attached hydrogens (tertiary/aromatic N) is 1. The summed E-state index contributed by atoms with van der Waals surface area (Å²) in [6.45, 7) is 2.61. The van der Waals surface area contributed by atoms with E-state index in [0.717, 1.165) is 5.56 Å². The Morgan fingerprint density at radius 1 is 1.35 bits per heavy atom. The fourth-order valence-electron chi connectivity index (χ4n) is 1.63. The summed E-state index contributed by atoms with van der Waals surface area (Å²) in [5.74, 6) is -0.392. The maximum Gasteiger partial charge on any atom is 0.239 e. The van der Waals surface area contributed by atoms with Gasteiger partial charge in [0.05, 0.1) is 13.2 Å². The van der Waals surface area contributed by atoms with Gasteiger partial charge in [0.2, 0.25) is 11.8 Å². The van der Waals surface area contributed by atoms with Gasteiger partial charge in [-0.25, -0.2) is 0 Å². The Kier molecular flexibility index (Phi) is 7.04. The summed E-state index contributed by atoms with van der Waals surface area (Å²) >= 11 is 6.06. The fraction of sp³-hybridized carbons (Fsp3) is 0.429. The Morgan fingerprint density at radius 2 is 2.05 bits per heavy atom. The lowest BCUT2D eigenvalue weighted by Crippen LogP contribution is -2.40. The van der Waals surface area contributed by atoms with E-state index >= 15 is 0 Å². The molecule has 0 radical (unpaired) electrons. The van der Waals surface area contributed by atoms with Crippen molar-refractivity contribution in [3.8, 4) is 0 Å². The third-order valence-electron chi connectivity index (χ3n) is 2.73. The quantitative estimate of drug-likeness (QED) is 0.775. The molecule has 0 bridgehead atoms. The standard InChI is InChI=1S/C14H19ClN2O3/c1-11(18)17(10-14(19)16-7-8-20-2)9-12-5-3-4-6-13(12)15/h3-6H,7-10H2,1-2H3,(H,16,19). The number of hydrogen-bond donors (Lipinski definition) is 1. The highest BCUT2D eigenvalue weighted by atomic mass is 35.5. The van der Waals surface area contributed by atoms with Gasteiger partial charge in [0.25, 0.3) is 0 Å². The van der Waals surface area contributed by atoms with Gasteiger partial charge in [-0.3, -0.25) is 9.59 Å². The lowest BCUT2D eigenvalue weighted by molar-refractivity contribution is -0.135. The van der Waals surface area contributed by atoms with Gasteiger partial charge in [0.1, 0.15) is 0 Å². The molecule has 0 unspecified atom stereocenters. The number of nitrogens with one attached hydrogen (secondary N) is 1. The van der Waals surface area contributed by atoms with Crippen molar-refractivity contribution >= 4 is 23.4 Å². The molecule has 0 spiro atoms. The molecule has 5 nitrogen and oxygen atoms in total. The third-order valence-corrected chi connectivity index (χ3v) is 3.10. The summed E-state index contributed by atoms with van der Waals surface area (Å²) in [6, 6.07) is 7.26. The van der Waals surface area contributed by atoms with E-state index < -0.39 is 0 Å². The molecule has 0 atom stereocenters. The van der Waals surface area contributed by atoms with Crippen molar-refractivity contribution in [2.45, 2.75) is 13.5 Å². The van der Waals surface area contributed by atoms with Gasteiger partial charge in [0.15, 0.2) is 0 Å². The maximum absolute atomic E-state index is 11.7. The first-order chi connectivity index (χ1) is 9.54. The molecule has 0 aliphatic carbocycles.